The van der Waals surface area contributed by atoms with Crippen LogP contribution in [0.4, 0.5) is 4.39 Å². The fraction of sp³-hybridized carbons (Fsp3) is 0.200. The van der Waals surface area contributed by atoms with Crippen LogP contribution >= 0.6 is 15.9 Å². The maximum Gasteiger partial charge on any atom is 0.128 e. The Morgan fingerprint density at radius 3 is 2.50 bits per heavy atom. The molecule has 0 aliphatic carbocycles. The third kappa shape index (κ3) is 2.62. The van der Waals surface area contributed by atoms with Gasteiger partial charge in [-0.3, -0.25) is 0 Å². The van der Waals surface area contributed by atoms with Gasteiger partial charge in [0, 0.05) is 10.0 Å². The highest BCUT2D eigenvalue weighted by atomic mass is 79.9. The molecule has 0 amide bonds. The van der Waals surface area contributed by atoms with Gasteiger partial charge >= 0.3 is 0 Å². The van der Waals surface area contributed by atoms with E-state index in [1.165, 1.54) is 6.07 Å². The summed E-state index contributed by atoms with van der Waals surface area (Å²) in [5, 5.41) is 0. The summed E-state index contributed by atoms with van der Waals surface area (Å²) in [5.74, 6) is -0.272. The molecule has 0 bridgehead atoms. The smallest absolute Gasteiger partial charge is 0.128 e. The first-order valence-electron chi connectivity index (χ1n) is 5.76. The summed E-state index contributed by atoms with van der Waals surface area (Å²) in [6.45, 7) is 4.00. The fourth-order valence-electron chi connectivity index (χ4n) is 2.02. The first-order chi connectivity index (χ1) is 8.49. The van der Waals surface area contributed by atoms with Gasteiger partial charge in [0.2, 0.25) is 0 Å². The Labute approximate surface area is 115 Å². The molecular weight excluding hydrogens is 293 g/mol. The molecule has 2 rings (SSSR count). The Kier molecular flexibility index (Phi) is 3.83. The number of hydrogen-bond acceptors (Lipinski definition) is 1. The number of aryl methyl sites for hydroxylation is 2. The van der Waals surface area contributed by atoms with Gasteiger partial charge in [-0.25, -0.2) is 4.39 Å². The number of benzene rings is 2. The Morgan fingerprint density at radius 1 is 1.06 bits per heavy atom. The van der Waals surface area contributed by atoms with E-state index < -0.39 is 6.04 Å². The second kappa shape index (κ2) is 5.21. The number of rotatable bonds is 2. The first-order valence-corrected chi connectivity index (χ1v) is 6.56. The fourth-order valence-corrected chi connectivity index (χ4v) is 2.39. The number of nitrogens with two attached hydrogens (primary N) is 1. The van der Waals surface area contributed by atoms with Crippen molar-refractivity contribution in [1.82, 2.24) is 0 Å². The molecule has 0 aromatic heterocycles. The van der Waals surface area contributed by atoms with Crippen LogP contribution in [-0.2, 0) is 0 Å². The molecule has 94 valence electrons. The minimum absolute atomic E-state index is 0.272. The highest BCUT2D eigenvalue weighted by molar-refractivity contribution is 9.10. The summed E-state index contributed by atoms with van der Waals surface area (Å²) in [5.41, 5.74) is 9.87. The molecule has 0 heterocycles. The molecule has 0 spiro atoms. The molecule has 0 saturated heterocycles. The lowest BCUT2D eigenvalue weighted by Crippen LogP contribution is -2.15. The van der Waals surface area contributed by atoms with E-state index in [0.29, 0.717) is 5.56 Å². The third-order valence-corrected chi connectivity index (χ3v) is 3.56. The monoisotopic (exact) mass is 307 g/mol. The largest absolute Gasteiger partial charge is 0.320 e. The van der Waals surface area contributed by atoms with Gasteiger partial charge in [-0.05, 0) is 43.2 Å². The average molecular weight is 308 g/mol. The van der Waals surface area contributed by atoms with Crippen molar-refractivity contribution < 1.29 is 4.39 Å². The van der Waals surface area contributed by atoms with E-state index in [4.69, 9.17) is 5.73 Å². The zero-order chi connectivity index (χ0) is 13.3. The maximum absolute atomic E-state index is 13.8. The van der Waals surface area contributed by atoms with Crippen LogP contribution in [-0.4, -0.2) is 0 Å². The lowest BCUT2D eigenvalue weighted by atomic mass is 9.94. The van der Waals surface area contributed by atoms with Gasteiger partial charge in [-0.1, -0.05) is 39.7 Å². The molecule has 0 aliphatic heterocycles. The van der Waals surface area contributed by atoms with Gasteiger partial charge in [0.1, 0.15) is 5.82 Å². The predicted octanol–water partition coefficient (Wildman–Crippen LogP) is 4.25. The molecule has 2 aromatic rings. The molecule has 2 N–H and O–H groups in total. The van der Waals surface area contributed by atoms with E-state index in [1.54, 1.807) is 12.1 Å². The zero-order valence-electron chi connectivity index (χ0n) is 10.4. The van der Waals surface area contributed by atoms with Crippen molar-refractivity contribution in [3.8, 4) is 0 Å². The lowest BCUT2D eigenvalue weighted by Gasteiger charge is -2.17. The van der Waals surface area contributed by atoms with Crippen molar-refractivity contribution in [2.75, 3.05) is 0 Å². The van der Waals surface area contributed by atoms with Gasteiger partial charge in [-0.2, -0.15) is 0 Å². The summed E-state index contributed by atoms with van der Waals surface area (Å²) in [4.78, 5) is 0. The van der Waals surface area contributed by atoms with E-state index in [-0.39, 0.29) is 5.82 Å². The van der Waals surface area contributed by atoms with Gasteiger partial charge < -0.3 is 5.73 Å². The molecule has 0 aliphatic rings. The molecule has 1 nitrogen and oxygen atoms in total. The van der Waals surface area contributed by atoms with E-state index in [2.05, 4.69) is 15.9 Å². The number of hydrogen-bond donors (Lipinski definition) is 1. The van der Waals surface area contributed by atoms with Crippen molar-refractivity contribution >= 4 is 15.9 Å². The van der Waals surface area contributed by atoms with Crippen LogP contribution in [0.1, 0.15) is 28.3 Å². The van der Waals surface area contributed by atoms with Crippen molar-refractivity contribution in [3.05, 3.63) is 68.9 Å². The van der Waals surface area contributed by atoms with Gasteiger partial charge in [-0.15, -0.1) is 0 Å². The molecule has 3 heteroatoms. The van der Waals surface area contributed by atoms with Crippen LogP contribution in [0.2, 0.25) is 0 Å². The van der Waals surface area contributed by atoms with Crippen molar-refractivity contribution in [3.63, 3.8) is 0 Å². The third-order valence-electron chi connectivity index (χ3n) is 3.06. The van der Waals surface area contributed by atoms with E-state index in [1.807, 2.05) is 32.0 Å². The maximum atomic E-state index is 13.8. The normalized spacial score (nSPS) is 12.5. The molecule has 2 aromatic carbocycles. The van der Waals surface area contributed by atoms with E-state index in [0.717, 1.165) is 21.2 Å². The zero-order valence-corrected chi connectivity index (χ0v) is 12.0. The average Bonchev–Trinajstić information content (AvgIpc) is 2.34. The summed E-state index contributed by atoms with van der Waals surface area (Å²) in [7, 11) is 0. The Morgan fingerprint density at radius 2 is 1.78 bits per heavy atom. The molecule has 1 unspecified atom stereocenters. The first kappa shape index (κ1) is 13.2. The molecule has 0 fully saturated rings. The van der Waals surface area contributed by atoms with Gasteiger partial charge in [0.15, 0.2) is 0 Å². The van der Waals surface area contributed by atoms with Crippen molar-refractivity contribution in [1.29, 1.82) is 0 Å². The molecule has 18 heavy (non-hydrogen) atoms. The molecule has 1 atom stereocenters. The van der Waals surface area contributed by atoms with Crippen LogP contribution in [0.25, 0.3) is 0 Å². The Bertz CT molecular complexity index is 529. The van der Waals surface area contributed by atoms with E-state index in [9.17, 15) is 4.39 Å². The number of halogens is 2. The van der Waals surface area contributed by atoms with Crippen LogP contribution in [0.3, 0.4) is 0 Å². The van der Waals surface area contributed by atoms with Crippen molar-refractivity contribution in [2.24, 2.45) is 5.73 Å². The summed E-state index contributed by atoms with van der Waals surface area (Å²) in [6.07, 6.45) is 0. The minimum atomic E-state index is -0.442. The highest BCUT2D eigenvalue weighted by Gasteiger charge is 2.16. The summed E-state index contributed by atoms with van der Waals surface area (Å²) in [6, 6.07) is 10.5. The van der Waals surface area contributed by atoms with Crippen LogP contribution in [0.5, 0.6) is 0 Å². The molecule has 0 radical (unpaired) electrons. The van der Waals surface area contributed by atoms with Crippen molar-refractivity contribution in [2.45, 2.75) is 19.9 Å². The minimum Gasteiger partial charge on any atom is -0.320 e. The molecular formula is C15H15BrFN. The predicted molar refractivity (Wildman–Crippen MR) is 76.0 cm³/mol. The van der Waals surface area contributed by atoms with E-state index >= 15 is 0 Å². The second-order valence-electron chi connectivity index (χ2n) is 4.50. The van der Waals surface area contributed by atoms with Crippen LogP contribution in [0.15, 0.2) is 40.9 Å². The van der Waals surface area contributed by atoms with Gasteiger partial charge in [0.05, 0.1) is 6.04 Å². The highest BCUT2D eigenvalue weighted by Crippen LogP contribution is 2.27. The Hall–Kier alpha value is -1.19. The standard InChI is InChI=1S/C15H15BrFN/c1-9-3-4-10(2)12(7-9)15(18)13-8-11(16)5-6-14(13)17/h3-8,15H,18H2,1-2H3. The summed E-state index contributed by atoms with van der Waals surface area (Å²) >= 11 is 3.35. The molecule has 0 saturated carbocycles. The quantitative estimate of drug-likeness (QED) is 0.881. The SMILES string of the molecule is Cc1ccc(C)c(C(N)c2cc(Br)ccc2F)c1. The van der Waals surface area contributed by atoms with Gasteiger partial charge in [0.25, 0.3) is 0 Å². The lowest BCUT2D eigenvalue weighted by molar-refractivity contribution is 0.599. The Balaban J connectivity index is 2.50. The topological polar surface area (TPSA) is 26.0 Å². The van der Waals surface area contributed by atoms with Crippen LogP contribution < -0.4 is 5.73 Å². The summed E-state index contributed by atoms with van der Waals surface area (Å²) < 4.78 is 14.7. The second-order valence-corrected chi connectivity index (χ2v) is 5.42. The van der Waals surface area contributed by atoms with Crippen LogP contribution in [0, 0.1) is 19.7 Å².